The number of guanidine groups is 1. The predicted molar refractivity (Wildman–Crippen MR) is 128 cm³/mol. The van der Waals surface area contributed by atoms with Crippen LogP contribution in [0.2, 0.25) is 0 Å². The summed E-state index contributed by atoms with van der Waals surface area (Å²) in [5.41, 5.74) is 1.15. The van der Waals surface area contributed by atoms with Crippen LogP contribution < -0.4 is 20.3 Å². The first-order valence-electron chi connectivity index (χ1n) is 11.4. The number of aromatic nitrogens is 1. The molecule has 0 radical (unpaired) electrons. The van der Waals surface area contributed by atoms with Gasteiger partial charge in [-0.25, -0.2) is 9.37 Å². The molecule has 2 heterocycles. The van der Waals surface area contributed by atoms with Gasteiger partial charge in [0.25, 0.3) is 0 Å². The molecule has 174 valence electrons. The van der Waals surface area contributed by atoms with Crippen LogP contribution in [0.4, 0.5) is 10.2 Å². The summed E-state index contributed by atoms with van der Waals surface area (Å²) in [7, 11) is 1.74. The van der Waals surface area contributed by atoms with E-state index in [9.17, 15) is 4.39 Å². The zero-order valence-corrected chi connectivity index (χ0v) is 19.4. The first-order valence-corrected chi connectivity index (χ1v) is 11.4. The molecule has 2 N–H and O–H groups in total. The number of anilines is 1. The number of rotatable bonds is 9. The van der Waals surface area contributed by atoms with Crippen LogP contribution >= 0.6 is 0 Å². The zero-order chi connectivity index (χ0) is 22.8. The van der Waals surface area contributed by atoms with Gasteiger partial charge in [0.05, 0.1) is 6.54 Å². The minimum Gasteiger partial charge on any atom is -0.489 e. The summed E-state index contributed by atoms with van der Waals surface area (Å²) in [5, 5.41) is 6.66. The monoisotopic (exact) mass is 442 g/mol. The van der Waals surface area contributed by atoms with Crippen LogP contribution in [0.15, 0.2) is 47.6 Å². The van der Waals surface area contributed by atoms with Crippen molar-refractivity contribution in [2.75, 3.05) is 51.2 Å². The van der Waals surface area contributed by atoms with Crippen LogP contribution in [0.25, 0.3) is 0 Å². The first-order chi connectivity index (χ1) is 15.6. The van der Waals surface area contributed by atoms with Gasteiger partial charge in [-0.15, -0.1) is 0 Å². The molecule has 0 amide bonds. The molecular formula is C24H35FN6O. The number of pyridine rings is 1. The summed E-state index contributed by atoms with van der Waals surface area (Å²) in [6.07, 6.45) is 2.57. The topological polar surface area (TPSA) is 65.0 Å². The molecule has 1 unspecified atom stereocenters. The quantitative estimate of drug-likeness (QED) is 0.460. The van der Waals surface area contributed by atoms with Crippen molar-refractivity contribution in [2.45, 2.75) is 32.9 Å². The molecule has 1 aliphatic rings. The summed E-state index contributed by atoms with van der Waals surface area (Å²) < 4.78 is 19.3. The highest BCUT2D eigenvalue weighted by atomic mass is 19.1. The number of benzene rings is 1. The summed E-state index contributed by atoms with van der Waals surface area (Å²) in [6, 6.07) is 10.4. The third kappa shape index (κ3) is 7.09. The first kappa shape index (κ1) is 23.8. The number of halogens is 1. The van der Waals surface area contributed by atoms with E-state index in [0.29, 0.717) is 24.8 Å². The van der Waals surface area contributed by atoms with Crippen molar-refractivity contribution in [3.05, 3.63) is 54.0 Å². The molecule has 2 aromatic rings. The van der Waals surface area contributed by atoms with E-state index in [0.717, 1.165) is 50.5 Å². The fraction of sp³-hybridized carbons (Fsp3) is 0.500. The van der Waals surface area contributed by atoms with Crippen molar-refractivity contribution in [3.63, 3.8) is 0 Å². The van der Waals surface area contributed by atoms with Gasteiger partial charge in [-0.1, -0.05) is 19.9 Å². The summed E-state index contributed by atoms with van der Waals surface area (Å²) in [4.78, 5) is 13.7. The van der Waals surface area contributed by atoms with Crippen molar-refractivity contribution in [2.24, 2.45) is 4.99 Å². The Hall–Kier alpha value is -2.87. The maximum absolute atomic E-state index is 13.4. The van der Waals surface area contributed by atoms with Crippen LogP contribution in [-0.2, 0) is 6.54 Å². The fourth-order valence-corrected chi connectivity index (χ4v) is 3.66. The van der Waals surface area contributed by atoms with Crippen LogP contribution in [0.3, 0.4) is 0 Å². The summed E-state index contributed by atoms with van der Waals surface area (Å²) in [6.45, 7) is 10.7. The van der Waals surface area contributed by atoms with E-state index in [-0.39, 0.29) is 11.9 Å². The predicted octanol–water partition coefficient (Wildman–Crippen LogP) is 2.89. The lowest BCUT2D eigenvalue weighted by atomic mass is 10.2. The third-order valence-electron chi connectivity index (χ3n) is 5.69. The molecule has 3 rings (SSSR count). The Labute approximate surface area is 190 Å². The van der Waals surface area contributed by atoms with Crippen molar-refractivity contribution in [1.29, 1.82) is 0 Å². The van der Waals surface area contributed by atoms with Gasteiger partial charge in [0.15, 0.2) is 5.96 Å². The van der Waals surface area contributed by atoms with E-state index >= 15 is 0 Å². The molecule has 0 aliphatic carbocycles. The average molecular weight is 443 g/mol. The Balaban J connectivity index is 1.48. The van der Waals surface area contributed by atoms with E-state index in [2.05, 4.69) is 43.4 Å². The van der Waals surface area contributed by atoms with E-state index in [4.69, 9.17) is 4.74 Å². The fourth-order valence-electron chi connectivity index (χ4n) is 3.66. The molecule has 7 nitrogen and oxygen atoms in total. The lowest BCUT2D eigenvalue weighted by molar-refractivity contribution is 0.199. The van der Waals surface area contributed by atoms with Crippen LogP contribution in [-0.4, -0.2) is 68.3 Å². The summed E-state index contributed by atoms with van der Waals surface area (Å²) in [5.74, 6) is 1.95. The Morgan fingerprint density at radius 3 is 2.66 bits per heavy atom. The average Bonchev–Trinajstić information content (AvgIpc) is 2.83. The summed E-state index contributed by atoms with van der Waals surface area (Å²) >= 11 is 0. The highest BCUT2D eigenvalue weighted by molar-refractivity contribution is 5.79. The minimum atomic E-state index is -0.299. The number of likely N-dealkylation sites (N-methyl/N-ethyl adjacent to an activating group) is 1. The van der Waals surface area contributed by atoms with Crippen molar-refractivity contribution in [1.82, 2.24) is 20.5 Å². The zero-order valence-electron chi connectivity index (χ0n) is 19.4. The number of piperazine rings is 1. The van der Waals surface area contributed by atoms with Crippen molar-refractivity contribution < 1.29 is 9.13 Å². The van der Waals surface area contributed by atoms with E-state index in [1.54, 1.807) is 19.2 Å². The minimum absolute atomic E-state index is 0.0929. The highest BCUT2D eigenvalue weighted by Gasteiger charge is 2.17. The molecule has 0 spiro atoms. The maximum atomic E-state index is 13.4. The second kappa shape index (κ2) is 12.2. The molecule has 1 aromatic heterocycles. The van der Waals surface area contributed by atoms with Crippen LogP contribution in [0, 0.1) is 5.82 Å². The van der Waals surface area contributed by atoms with E-state index in [1.807, 2.05) is 19.2 Å². The Kier molecular flexibility index (Phi) is 9.10. The van der Waals surface area contributed by atoms with Crippen LogP contribution in [0.5, 0.6) is 5.75 Å². The number of ether oxygens (including phenoxy) is 1. The molecule has 0 saturated carbocycles. The molecule has 1 saturated heterocycles. The van der Waals surface area contributed by atoms with Gasteiger partial charge < -0.3 is 25.2 Å². The van der Waals surface area contributed by atoms with Gasteiger partial charge in [-0.2, -0.15) is 0 Å². The molecule has 1 aromatic carbocycles. The Bertz CT molecular complexity index is 869. The van der Waals surface area contributed by atoms with Gasteiger partial charge >= 0.3 is 0 Å². The van der Waals surface area contributed by atoms with Crippen molar-refractivity contribution in [3.8, 4) is 5.75 Å². The molecule has 0 bridgehead atoms. The lowest BCUT2D eigenvalue weighted by Crippen LogP contribution is -2.46. The van der Waals surface area contributed by atoms with Gasteiger partial charge in [-0.3, -0.25) is 4.99 Å². The number of nitrogens with zero attached hydrogens (tertiary/aromatic N) is 4. The smallest absolute Gasteiger partial charge is 0.191 e. The highest BCUT2D eigenvalue weighted by Crippen LogP contribution is 2.16. The van der Waals surface area contributed by atoms with Gasteiger partial charge in [-0.05, 0) is 42.8 Å². The SMILES string of the molecule is CCC(CNC(=NC)NCc1ccnc(N2CCN(CC)CC2)c1)Oc1cccc(F)c1. The Morgan fingerprint density at radius 1 is 1.16 bits per heavy atom. The number of aliphatic imine (C=N–C) groups is 1. The maximum Gasteiger partial charge on any atom is 0.191 e. The van der Waals surface area contributed by atoms with Gasteiger partial charge in [0.2, 0.25) is 0 Å². The standard InChI is InChI=1S/C24H35FN6O/c1-4-21(32-22-8-6-7-20(25)16-22)18-29-24(26-3)28-17-19-9-10-27-23(15-19)31-13-11-30(5-2)12-14-31/h6-10,15-16,21H,4-5,11-14,17-18H2,1-3H3,(H2,26,28,29). The lowest BCUT2D eigenvalue weighted by Gasteiger charge is -2.34. The van der Waals surface area contributed by atoms with Crippen LogP contribution in [0.1, 0.15) is 25.8 Å². The third-order valence-corrected chi connectivity index (χ3v) is 5.69. The van der Waals surface area contributed by atoms with Gasteiger partial charge in [0, 0.05) is 52.0 Å². The Morgan fingerprint density at radius 2 is 1.97 bits per heavy atom. The van der Waals surface area contributed by atoms with E-state index in [1.165, 1.54) is 12.1 Å². The van der Waals surface area contributed by atoms with Gasteiger partial charge in [0.1, 0.15) is 23.5 Å². The molecule has 8 heteroatoms. The normalized spacial score (nSPS) is 16.0. The molecule has 1 fully saturated rings. The number of nitrogens with one attached hydrogen (secondary N) is 2. The van der Waals surface area contributed by atoms with Crippen molar-refractivity contribution >= 4 is 11.8 Å². The molecule has 32 heavy (non-hydrogen) atoms. The second-order valence-electron chi connectivity index (χ2n) is 7.86. The molecule has 1 aliphatic heterocycles. The largest absolute Gasteiger partial charge is 0.489 e. The number of hydrogen-bond donors (Lipinski definition) is 2. The van der Waals surface area contributed by atoms with E-state index < -0.39 is 0 Å². The number of hydrogen-bond acceptors (Lipinski definition) is 5. The molecule has 1 atom stereocenters. The molecular weight excluding hydrogens is 407 g/mol. The second-order valence-corrected chi connectivity index (χ2v) is 7.86.